The van der Waals surface area contributed by atoms with Crippen LogP contribution in [0.3, 0.4) is 0 Å². The molecule has 0 aromatic rings. The van der Waals surface area contributed by atoms with Gasteiger partial charge in [-0.05, 0) is 0 Å². The van der Waals surface area contributed by atoms with Gasteiger partial charge in [0.2, 0.25) is 0 Å². The Morgan fingerprint density at radius 1 is 0.800 bits per heavy atom. The molecular formula is C2H4N2Se. The van der Waals surface area contributed by atoms with Crippen molar-refractivity contribution >= 4 is 17.1 Å². The van der Waals surface area contributed by atoms with Crippen LogP contribution >= 0.6 is 0 Å². The van der Waals surface area contributed by atoms with Crippen LogP contribution in [0.4, 0.5) is 0 Å². The maximum atomic E-state index is 6.50. The Morgan fingerprint density at radius 2 is 0.800 bits per heavy atom. The first-order chi connectivity index (χ1) is 2.00. The summed E-state index contributed by atoms with van der Waals surface area (Å²) in [5.41, 5.74) is 0. The number of hydrogen-bond donors (Lipinski definition) is 0. The summed E-state index contributed by atoms with van der Waals surface area (Å²) in [4.78, 5) is 0. The van der Waals surface area contributed by atoms with E-state index in [2.05, 4.69) is 13.1 Å². The van der Waals surface area contributed by atoms with Gasteiger partial charge in [0.15, 0.2) is 0 Å². The fraction of sp³-hybridized carbons (Fsp3) is 0. The quantitative estimate of drug-likeness (QED) is 0.415. The Hall–Kier alpha value is -0.501. The topological polar surface area (TPSA) is 47.6 Å². The summed E-state index contributed by atoms with van der Waals surface area (Å²) in [5, 5.41) is 13.0. The molecule has 0 N–H and O–H groups in total. The number of rotatable bonds is 0. The molecule has 0 aliphatic rings. The molecule has 3 heteroatoms. The molecule has 0 rings (SSSR count). The van der Waals surface area contributed by atoms with Crippen molar-refractivity contribution in [3.05, 3.63) is 0 Å². The molecule has 28 valence electrons. The van der Waals surface area contributed by atoms with Crippen molar-refractivity contribution in [3.63, 3.8) is 0 Å². The molecule has 0 atom stereocenters. The van der Waals surface area contributed by atoms with Crippen LogP contribution in [0, 0.1) is 23.7 Å². The van der Waals surface area contributed by atoms with Gasteiger partial charge in [0.1, 0.15) is 0 Å². The van der Waals surface area contributed by atoms with Crippen LogP contribution in [0.15, 0.2) is 0 Å². The molecule has 0 spiro atoms. The molecule has 2 nitrogen and oxygen atoms in total. The van der Waals surface area contributed by atoms with Crippen molar-refractivity contribution in [2.75, 3.05) is 0 Å². The second kappa shape index (κ2) is 87.3. The molecule has 0 aliphatic carbocycles. The summed E-state index contributed by atoms with van der Waals surface area (Å²) in [7, 11) is 0. The summed E-state index contributed by atoms with van der Waals surface area (Å²) in [5.74, 6) is 0. The Bertz CT molecular complexity index is 23.1. The summed E-state index contributed by atoms with van der Waals surface area (Å²) in [6.45, 7) is 7.00. The molecule has 0 fully saturated rings. The average Bonchev–Trinajstić information content (AvgIpc) is 1.50. The zero-order valence-corrected chi connectivity index (χ0v) is 4.65. The number of nitriles is 2. The van der Waals surface area contributed by atoms with E-state index in [-0.39, 0.29) is 17.1 Å². The maximum absolute atomic E-state index is 6.50. The number of nitrogens with zero attached hydrogens (tertiary/aromatic N) is 2. The Morgan fingerprint density at radius 3 is 0.800 bits per heavy atom. The summed E-state index contributed by atoms with van der Waals surface area (Å²) in [6.07, 6.45) is 0. The third-order valence-electron chi connectivity index (χ3n) is 0. The van der Waals surface area contributed by atoms with Gasteiger partial charge in [0, 0.05) is 13.1 Å². The van der Waals surface area contributed by atoms with Crippen LogP contribution in [0.1, 0.15) is 0 Å². The molecule has 0 unspecified atom stereocenters. The molecule has 0 aromatic carbocycles. The third kappa shape index (κ3) is 31.4. The predicted molar refractivity (Wildman–Crippen MR) is 21.9 cm³/mol. The molecule has 0 radical (unpaired) electrons. The molecule has 0 amide bonds. The third-order valence-corrected chi connectivity index (χ3v) is 0. The van der Waals surface area contributed by atoms with Gasteiger partial charge in [-0.1, -0.05) is 0 Å². The van der Waals surface area contributed by atoms with Gasteiger partial charge in [-0.2, -0.15) is 0 Å². The van der Waals surface area contributed by atoms with Crippen molar-refractivity contribution in [2.45, 2.75) is 0 Å². The van der Waals surface area contributed by atoms with Crippen molar-refractivity contribution in [2.24, 2.45) is 0 Å². The molecule has 5 heavy (non-hydrogen) atoms. The molecule has 0 heterocycles. The van der Waals surface area contributed by atoms with E-state index in [0.29, 0.717) is 0 Å². The summed E-state index contributed by atoms with van der Waals surface area (Å²) < 4.78 is 0. The Balaban J connectivity index is -0.0000000133. The van der Waals surface area contributed by atoms with E-state index in [4.69, 9.17) is 10.5 Å². The van der Waals surface area contributed by atoms with E-state index < -0.39 is 0 Å². The fourth-order valence-electron chi connectivity index (χ4n) is 0. The van der Waals surface area contributed by atoms with Crippen LogP contribution < -0.4 is 0 Å². The molecule has 0 aromatic heterocycles. The first-order valence-corrected chi connectivity index (χ1v) is 0.516. The standard InChI is InChI=1S/2CHN.H2Se/c2*1-2;/h2*1H;1H2. The van der Waals surface area contributed by atoms with E-state index >= 15 is 0 Å². The van der Waals surface area contributed by atoms with E-state index in [9.17, 15) is 0 Å². The van der Waals surface area contributed by atoms with Crippen molar-refractivity contribution in [3.8, 4) is 13.1 Å². The molecular weight excluding hydrogens is 131 g/mol. The summed E-state index contributed by atoms with van der Waals surface area (Å²) in [6, 6.07) is 0. The minimum absolute atomic E-state index is 0. The predicted octanol–water partition coefficient (Wildman–Crippen LogP) is -0.637. The van der Waals surface area contributed by atoms with Crippen molar-refractivity contribution < 1.29 is 0 Å². The second-order valence-corrected chi connectivity index (χ2v) is 0. The van der Waals surface area contributed by atoms with Crippen molar-refractivity contribution in [1.29, 1.82) is 10.5 Å². The van der Waals surface area contributed by atoms with Gasteiger partial charge in [-0.25, -0.2) is 10.5 Å². The van der Waals surface area contributed by atoms with Gasteiger partial charge in [0.25, 0.3) is 0 Å². The second-order valence-electron chi connectivity index (χ2n) is 0. The van der Waals surface area contributed by atoms with Crippen LogP contribution in [-0.2, 0) is 0 Å². The average molecular weight is 135 g/mol. The minimum atomic E-state index is 0. The van der Waals surface area contributed by atoms with Gasteiger partial charge < -0.3 is 0 Å². The van der Waals surface area contributed by atoms with Crippen molar-refractivity contribution in [1.82, 2.24) is 0 Å². The zero-order chi connectivity index (χ0) is 4.00. The van der Waals surface area contributed by atoms with Crippen LogP contribution in [0.5, 0.6) is 0 Å². The Labute approximate surface area is 41.5 Å². The molecule has 0 saturated heterocycles. The van der Waals surface area contributed by atoms with E-state index in [0.717, 1.165) is 0 Å². The van der Waals surface area contributed by atoms with Gasteiger partial charge in [-0.15, -0.1) is 0 Å². The van der Waals surface area contributed by atoms with E-state index in [1.165, 1.54) is 0 Å². The first-order valence-electron chi connectivity index (χ1n) is 0.516. The SMILES string of the molecule is C#N.C#N.[SeH2]. The van der Waals surface area contributed by atoms with E-state index in [1.54, 1.807) is 0 Å². The van der Waals surface area contributed by atoms with Gasteiger partial charge in [0.05, 0.1) is 0 Å². The van der Waals surface area contributed by atoms with Crippen LogP contribution in [0.2, 0.25) is 0 Å². The molecule has 0 aliphatic heterocycles. The first kappa shape index (κ1) is 24.5. The van der Waals surface area contributed by atoms with Gasteiger partial charge >= 0.3 is 17.1 Å². The van der Waals surface area contributed by atoms with E-state index in [1.807, 2.05) is 0 Å². The monoisotopic (exact) mass is 136 g/mol. The van der Waals surface area contributed by atoms with Crippen LogP contribution in [-0.4, -0.2) is 17.1 Å². The number of hydrogen-bond acceptors (Lipinski definition) is 2. The normalized spacial score (nSPS) is 0.800. The Kier molecular flexibility index (Phi) is 428. The molecule has 0 bridgehead atoms. The van der Waals surface area contributed by atoms with Gasteiger partial charge in [-0.3, -0.25) is 0 Å². The fourth-order valence-corrected chi connectivity index (χ4v) is 0. The van der Waals surface area contributed by atoms with Crippen LogP contribution in [0.25, 0.3) is 0 Å². The molecule has 0 saturated carbocycles. The zero-order valence-electron chi connectivity index (χ0n) is 2.55. The summed E-state index contributed by atoms with van der Waals surface area (Å²) >= 11 is 0.